The van der Waals surface area contributed by atoms with Crippen LogP contribution in [0.4, 0.5) is 5.95 Å². The maximum atomic E-state index is 11.0. The molecule has 0 aliphatic carbocycles. The largest absolute Gasteiger partial charge is 0.395 e. The van der Waals surface area contributed by atoms with Gasteiger partial charge in [0.15, 0.2) is 0 Å². The number of nitrogens with one attached hydrogen (secondary N) is 2. The van der Waals surface area contributed by atoms with Crippen LogP contribution in [0.15, 0.2) is 11.0 Å². The van der Waals surface area contributed by atoms with Crippen molar-refractivity contribution >= 4 is 5.95 Å². The molecule has 0 aliphatic rings. The van der Waals surface area contributed by atoms with Gasteiger partial charge in [0.05, 0.1) is 6.61 Å². The fraction of sp³-hybridized carbons (Fsp3) is 0.429. The molecule has 1 heterocycles. The third kappa shape index (κ3) is 2.06. The summed E-state index contributed by atoms with van der Waals surface area (Å²) in [6, 6.07) is 0. The highest BCUT2D eigenvalue weighted by Crippen LogP contribution is 1.91. The molecule has 0 bridgehead atoms. The molecule has 0 fully saturated rings. The monoisotopic (exact) mass is 169 g/mol. The summed E-state index contributed by atoms with van der Waals surface area (Å²) in [7, 11) is 0. The smallest absolute Gasteiger partial charge is 0.255 e. The molecule has 0 saturated carbocycles. The molecular weight excluding hydrogens is 158 g/mol. The van der Waals surface area contributed by atoms with Crippen molar-refractivity contribution in [2.75, 3.05) is 18.5 Å². The molecule has 0 amide bonds. The van der Waals surface area contributed by atoms with Gasteiger partial charge in [0, 0.05) is 18.3 Å². The van der Waals surface area contributed by atoms with Gasteiger partial charge >= 0.3 is 0 Å². The van der Waals surface area contributed by atoms with Gasteiger partial charge in [-0.2, -0.15) is 0 Å². The summed E-state index contributed by atoms with van der Waals surface area (Å²) in [6.07, 6.45) is 1.48. The number of H-pyrrole nitrogens is 1. The van der Waals surface area contributed by atoms with Crippen LogP contribution in [0.1, 0.15) is 5.56 Å². The van der Waals surface area contributed by atoms with Crippen LogP contribution in [-0.2, 0) is 0 Å². The van der Waals surface area contributed by atoms with Crippen molar-refractivity contribution in [2.45, 2.75) is 6.92 Å². The Morgan fingerprint density at radius 1 is 1.75 bits per heavy atom. The lowest BCUT2D eigenvalue weighted by Crippen LogP contribution is -2.16. The second kappa shape index (κ2) is 3.87. The number of aromatic nitrogens is 2. The first-order chi connectivity index (χ1) is 5.74. The standard InChI is InChI=1S/C7H11N3O2/c1-5-4-9-7(8-2-3-11)10-6(5)12/h4,11H,2-3H2,1H3,(H2,8,9,10,12). The Balaban J connectivity index is 2.76. The molecule has 0 saturated heterocycles. The summed E-state index contributed by atoms with van der Waals surface area (Å²) in [5.74, 6) is 0.389. The van der Waals surface area contributed by atoms with Crippen molar-refractivity contribution in [2.24, 2.45) is 0 Å². The normalized spacial score (nSPS) is 9.83. The first-order valence-electron chi connectivity index (χ1n) is 3.64. The summed E-state index contributed by atoms with van der Waals surface area (Å²) < 4.78 is 0. The van der Waals surface area contributed by atoms with Crippen LogP contribution in [0.2, 0.25) is 0 Å². The number of aliphatic hydroxyl groups is 1. The predicted octanol–water partition coefficient (Wildman–Crippen LogP) is -0.517. The molecule has 0 radical (unpaired) electrons. The molecule has 12 heavy (non-hydrogen) atoms. The number of nitrogens with zero attached hydrogens (tertiary/aromatic N) is 1. The molecule has 5 heteroatoms. The summed E-state index contributed by atoms with van der Waals surface area (Å²) in [5, 5.41) is 11.2. The van der Waals surface area contributed by atoms with Crippen molar-refractivity contribution in [3.05, 3.63) is 22.1 Å². The van der Waals surface area contributed by atoms with E-state index in [1.807, 2.05) is 0 Å². The third-order valence-corrected chi connectivity index (χ3v) is 1.38. The van der Waals surface area contributed by atoms with E-state index in [1.54, 1.807) is 6.92 Å². The van der Waals surface area contributed by atoms with Crippen molar-refractivity contribution in [1.82, 2.24) is 9.97 Å². The van der Waals surface area contributed by atoms with Gasteiger partial charge in [0.1, 0.15) is 0 Å². The molecule has 0 atom stereocenters. The van der Waals surface area contributed by atoms with Crippen molar-refractivity contribution in [3.8, 4) is 0 Å². The highest BCUT2D eigenvalue weighted by molar-refractivity contribution is 5.23. The van der Waals surface area contributed by atoms with E-state index in [2.05, 4.69) is 15.3 Å². The molecule has 5 nitrogen and oxygen atoms in total. The minimum absolute atomic E-state index is 0.0115. The van der Waals surface area contributed by atoms with Crippen LogP contribution >= 0.6 is 0 Å². The Kier molecular flexibility index (Phi) is 2.82. The average molecular weight is 169 g/mol. The molecule has 0 unspecified atom stereocenters. The lowest BCUT2D eigenvalue weighted by Gasteiger charge is -2.01. The molecule has 0 aliphatic heterocycles. The summed E-state index contributed by atoms with van der Waals surface area (Å²) >= 11 is 0. The Labute approximate surface area is 69.5 Å². The number of aryl methyl sites for hydroxylation is 1. The highest BCUT2D eigenvalue weighted by atomic mass is 16.3. The minimum Gasteiger partial charge on any atom is -0.395 e. The summed E-state index contributed by atoms with van der Waals surface area (Å²) in [5.41, 5.74) is 0.412. The maximum Gasteiger partial charge on any atom is 0.255 e. The van der Waals surface area contributed by atoms with Gasteiger partial charge in [-0.3, -0.25) is 9.78 Å². The van der Waals surface area contributed by atoms with E-state index >= 15 is 0 Å². The molecule has 3 N–H and O–H groups in total. The fourth-order valence-corrected chi connectivity index (χ4v) is 0.723. The van der Waals surface area contributed by atoms with Gasteiger partial charge < -0.3 is 10.4 Å². The molecule has 66 valence electrons. The van der Waals surface area contributed by atoms with Crippen LogP contribution in [0.3, 0.4) is 0 Å². The second-order valence-electron chi connectivity index (χ2n) is 2.39. The summed E-state index contributed by atoms with van der Waals surface area (Å²) in [6.45, 7) is 2.07. The average Bonchev–Trinajstić information content (AvgIpc) is 2.07. The van der Waals surface area contributed by atoms with Gasteiger partial charge in [-0.25, -0.2) is 4.98 Å². The quantitative estimate of drug-likeness (QED) is 0.569. The highest BCUT2D eigenvalue weighted by Gasteiger charge is 1.95. The first-order valence-corrected chi connectivity index (χ1v) is 3.64. The number of rotatable bonds is 3. The summed E-state index contributed by atoms with van der Waals surface area (Å²) in [4.78, 5) is 17.4. The molecule has 1 aromatic rings. The molecule has 1 rings (SSSR count). The van der Waals surface area contributed by atoms with Crippen LogP contribution in [0, 0.1) is 6.92 Å². The zero-order valence-electron chi connectivity index (χ0n) is 6.79. The zero-order valence-corrected chi connectivity index (χ0v) is 6.79. The predicted molar refractivity (Wildman–Crippen MR) is 45.2 cm³/mol. The van der Waals surface area contributed by atoms with E-state index in [0.717, 1.165) is 0 Å². The van der Waals surface area contributed by atoms with Crippen LogP contribution in [0.25, 0.3) is 0 Å². The Morgan fingerprint density at radius 3 is 3.08 bits per heavy atom. The Morgan fingerprint density at radius 2 is 2.50 bits per heavy atom. The van der Waals surface area contributed by atoms with Gasteiger partial charge in [0.25, 0.3) is 5.56 Å². The van der Waals surface area contributed by atoms with Gasteiger partial charge in [-0.1, -0.05) is 0 Å². The molecule has 0 aromatic carbocycles. The molecular formula is C7H11N3O2. The van der Waals surface area contributed by atoms with E-state index in [1.165, 1.54) is 6.20 Å². The second-order valence-corrected chi connectivity index (χ2v) is 2.39. The van der Waals surface area contributed by atoms with Gasteiger partial charge in [-0.15, -0.1) is 0 Å². The third-order valence-electron chi connectivity index (χ3n) is 1.38. The molecule has 0 spiro atoms. The molecule has 1 aromatic heterocycles. The Bertz CT molecular complexity index is 308. The number of anilines is 1. The van der Waals surface area contributed by atoms with E-state index in [0.29, 0.717) is 18.1 Å². The van der Waals surface area contributed by atoms with Crippen molar-refractivity contribution in [3.63, 3.8) is 0 Å². The van der Waals surface area contributed by atoms with Crippen molar-refractivity contribution in [1.29, 1.82) is 0 Å². The van der Waals surface area contributed by atoms with Crippen molar-refractivity contribution < 1.29 is 5.11 Å². The Hall–Kier alpha value is -1.36. The lowest BCUT2D eigenvalue weighted by molar-refractivity contribution is 0.311. The minimum atomic E-state index is -0.162. The number of aliphatic hydroxyl groups excluding tert-OH is 1. The lowest BCUT2D eigenvalue weighted by atomic mass is 10.4. The maximum absolute atomic E-state index is 11.0. The van der Waals surface area contributed by atoms with E-state index in [9.17, 15) is 4.79 Å². The van der Waals surface area contributed by atoms with Crippen LogP contribution in [0.5, 0.6) is 0 Å². The van der Waals surface area contributed by atoms with E-state index in [4.69, 9.17) is 5.11 Å². The van der Waals surface area contributed by atoms with Gasteiger partial charge in [0.2, 0.25) is 5.95 Å². The number of hydrogen-bond donors (Lipinski definition) is 3. The zero-order chi connectivity index (χ0) is 8.97. The number of aromatic amines is 1. The topological polar surface area (TPSA) is 78.0 Å². The fourth-order valence-electron chi connectivity index (χ4n) is 0.723. The van der Waals surface area contributed by atoms with Gasteiger partial charge in [-0.05, 0) is 6.92 Å². The first kappa shape index (κ1) is 8.73. The van der Waals surface area contributed by atoms with E-state index in [-0.39, 0.29) is 12.2 Å². The number of hydrogen-bond acceptors (Lipinski definition) is 4. The van der Waals surface area contributed by atoms with Crippen LogP contribution < -0.4 is 10.9 Å². The van der Waals surface area contributed by atoms with Crippen LogP contribution in [-0.4, -0.2) is 28.2 Å². The van der Waals surface area contributed by atoms with E-state index < -0.39 is 0 Å². The SMILES string of the molecule is Cc1cnc(NCCO)[nH]c1=O.